The van der Waals surface area contributed by atoms with Crippen LogP contribution in [0.3, 0.4) is 0 Å². The summed E-state index contributed by atoms with van der Waals surface area (Å²) in [5.41, 5.74) is -0.383. The molecule has 1 rings (SSSR count). The van der Waals surface area contributed by atoms with Crippen molar-refractivity contribution in [3.63, 3.8) is 0 Å². The quantitative estimate of drug-likeness (QED) is 0.413. The lowest BCUT2D eigenvalue weighted by molar-refractivity contribution is 0.565. The Morgan fingerprint density at radius 1 is 1.44 bits per heavy atom. The Morgan fingerprint density at radius 2 is 2.11 bits per heavy atom. The van der Waals surface area contributed by atoms with Crippen LogP contribution in [-0.4, -0.2) is 6.08 Å². The highest BCUT2D eigenvalue weighted by Crippen LogP contribution is 2.06. The number of hydrogen-bond acceptors (Lipinski definition) is 2. The summed E-state index contributed by atoms with van der Waals surface area (Å²) in [4.78, 5) is 13.0. The summed E-state index contributed by atoms with van der Waals surface area (Å²) in [6.07, 6.45) is 1.15. The molecule has 0 aromatic heterocycles. The molecule has 44 valence electrons. The minimum absolute atomic E-state index is 0.383. The van der Waals surface area contributed by atoms with Crippen LogP contribution in [0, 0.1) is 0 Å². The first-order chi connectivity index (χ1) is 6.50. The standard InChI is InChI=1S/C7H5NO/c9-6-8-7-4-2-1-3-5-7/h1-5H/i1D,2D,3D,4D,5D. The van der Waals surface area contributed by atoms with Crippen molar-refractivity contribution in [2.45, 2.75) is 0 Å². The Hall–Kier alpha value is -1.40. The third kappa shape index (κ3) is 1.52. The molecule has 2 nitrogen and oxygen atoms in total. The SMILES string of the molecule is [2H]c1c([2H])c([2H])c(N=C=O)c([2H])c1[2H]. The highest BCUT2D eigenvalue weighted by Gasteiger charge is 1.79. The van der Waals surface area contributed by atoms with Crippen molar-refractivity contribution in [3.8, 4) is 0 Å². The Kier molecular flexibility index (Phi) is 0.648. The van der Waals surface area contributed by atoms with E-state index in [1.807, 2.05) is 0 Å². The van der Waals surface area contributed by atoms with E-state index < -0.39 is 30.2 Å². The lowest BCUT2D eigenvalue weighted by Crippen LogP contribution is -1.59. The van der Waals surface area contributed by atoms with Gasteiger partial charge in [-0.05, 0) is 12.1 Å². The Labute approximate surface area is 59.9 Å². The number of isocyanates is 1. The van der Waals surface area contributed by atoms with Gasteiger partial charge >= 0.3 is 0 Å². The summed E-state index contributed by atoms with van der Waals surface area (Å²) in [6, 6.07) is -2.54. The molecule has 0 N–H and O–H groups in total. The molecule has 0 radical (unpaired) electrons. The molecule has 0 spiro atoms. The number of rotatable bonds is 1. The predicted molar refractivity (Wildman–Crippen MR) is 34.2 cm³/mol. The number of aliphatic imine (C=N–C) groups is 1. The van der Waals surface area contributed by atoms with Crippen molar-refractivity contribution in [1.29, 1.82) is 0 Å². The molecule has 2 heteroatoms. The van der Waals surface area contributed by atoms with Crippen LogP contribution >= 0.6 is 0 Å². The highest BCUT2D eigenvalue weighted by molar-refractivity contribution is 5.47. The first kappa shape index (κ1) is 2.09. The second-order valence-corrected chi connectivity index (χ2v) is 1.18. The van der Waals surface area contributed by atoms with Crippen LogP contribution in [0.25, 0.3) is 0 Å². The molecule has 0 amide bonds. The molecule has 0 aliphatic rings. The second-order valence-electron chi connectivity index (χ2n) is 1.18. The predicted octanol–water partition coefficient (Wildman–Crippen LogP) is 1.65. The fraction of sp³-hybridized carbons (Fsp3) is 0. The number of nitrogens with zero attached hydrogens (tertiary/aromatic N) is 1. The van der Waals surface area contributed by atoms with Gasteiger partial charge in [0.2, 0.25) is 6.08 Å². The van der Waals surface area contributed by atoms with E-state index in [9.17, 15) is 4.79 Å². The van der Waals surface area contributed by atoms with Crippen molar-refractivity contribution in [1.82, 2.24) is 0 Å². The zero-order valence-electron chi connectivity index (χ0n) is 9.36. The zero-order valence-corrected chi connectivity index (χ0v) is 4.36. The van der Waals surface area contributed by atoms with E-state index in [2.05, 4.69) is 4.99 Å². The first-order valence-corrected chi connectivity index (χ1v) is 2.15. The van der Waals surface area contributed by atoms with E-state index >= 15 is 0 Å². The van der Waals surface area contributed by atoms with Crippen molar-refractivity contribution >= 4 is 11.8 Å². The normalized spacial score (nSPS) is 15.8. The van der Waals surface area contributed by atoms with Crippen LogP contribution in [0.5, 0.6) is 0 Å². The molecule has 0 fully saturated rings. The van der Waals surface area contributed by atoms with Crippen molar-refractivity contribution in [3.05, 3.63) is 30.2 Å². The molecule has 9 heavy (non-hydrogen) atoms. The van der Waals surface area contributed by atoms with Gasteiger partial charge in [0.25, 0.3) is 0 Å². The van der Waals surface area contributed by atoms with Crippen LogP contribution in [0.15, 0.2) is 35.2 Å². The molecule has 0 saturated carbocycles. The van der Waals surface area contributed by atoms with Crippen LogP contribution < -0.4 is 0 Å². The van der Waals surface area contributed by atoms with E-state index in [4.69, 9.17) is 6.85 Å². The average molecular weight is 124 g/mol. The zero-order chi connectivity index (χ0) is 10.9. The molecule has 0 atom stereocenters. The van der Waals surface area contributed by atoms with Crippen molar-refractivity contribution in [2.24, 2.45) is 4.99 Å². The van der Waals surface area contributed by atoms with Gasteiger partial charge in [0.05, 0.1) is 12.5 Å². The van der Waals surface area contributed by atoms with Crippen LogP contribution in [-0.2, 0) is 4.79 Å². The molecule has 0 aliphatic carbocycles. The fourth-order valence-electron chi connectivity index (χ4n) is 0.345. The Balaban J connectivity index is 3.67. The van der Waals surface area contributed by atoms with Gasteiger partial charge in [0, 0.05) is 0 Å². The van der Waals surface area contributed by atoms with Gasteiger partial charge in [0.15, 0.2) is 0 Å². The number of carbonyl (C=O) groups excluding carboxylic acids is 1. The van der Waals surface area contributed by atoms with Crippen LogP contribution in [0.2, 0.25) is 0 Å². The van der Waals surface area contributed by atoms with Gasteiger partial charge in [0.1, 0.15) is 0 Å². The topological polar surface area (TPSA) is 29.4 Å². The van der Waals surface area contributed by atoms with Crippen LogP contribution in [0.1, 0.15) is 6.85 Å². The van der Waals surface area contributed by atoms with Gasteiger partial charge < -0.3 is 0 Å². The third-order valence-corrected chi connectivity index (χ3v) is 0.644. The molecule has 0 unspecified atom stereocenters. The van der Waals surface area contributed by atoms with Gasteiger partial charge in [-0.1, -0.05) is 18.1 Å². The summed E-state index contributed by atoms with van der Waals surface area (Å²) in [6.45, 7) is 0. The monoisotopic (exact) mass is 124 g/mol. The maximum absolute atomic E-state index is 9.96. The largest absolute Gasteiger partial charge is 0.240 e. The van der Waals surface area contributed by atoms with Gasteiger partial charge in [-0.3, -0.25) is 0 Å². The first-order valence-electron chi connectivity index (χ1n) is 4.65. The smallest absolute Gasteiger partial charge is 0.211 e. The summed E-state index contributed by atoms with van der Waals surface area (Å²) in [7, 11) is 0. The summed E-state index contributed by atoms with van der Waals surface area (Å²) in [5.74, 6) is 0. The lowest BCUT2D eigenvalue weighted by Gasteiger charge is -1.83. The van der Waals surface area contributed by atoms with Crippen molar-refractivity contribution < 1.29 is 11.6 Å². The van der Waals surface area contributed by atoms with E-state index in [0.29, 0.717) is 0 Å². The third-order valence-electron chi connectivity index (χ3n) is 0.644. The maximum Gasteiger partial charge on any atom is 0.240 e. The Morgan fingerprint density at radius 3 is 2.67 bits per heavy atom. The molecule has 0 saturated heterocycles. The maximum atomic E-state index is 9.96. The van der Waals surface area contributed by atoms with Gasteiger partial charge in [-0.2, -0.15) is 4.99 Å². The van der Waals surface area contributed by atoms with E-state index in [0.717, 1.165) is 6.08 Å². The van der Waals surface area contributed by atoms with E-state index in [1.54, 1.807) is 0 Å². The minimum Gasteiger partial charge on any atom is -0.211 e. The van der Waals surface area contributed by atoms with Crippen LogP contribution in [0.4, 0.5) is 5.69 Å². The summed E-state index contributed by atoms with van der Waals surface area (Å²) < 4.78 is 36.3. The summed E-state index contributed by atoms with van der Waals surface area (Å²) in [5, 5.41) is 0. The molecule has 1 aromatic carbocycles. The average Bonchev–Trinajstić information content (AvgIpc) is 2.19. The summed E-state index contributed by atoms with van der Waals surface area (Å²) >= 11 is 0. The molecule has 0 bridgehead atoms. The fourth-order valence-corrected chi connectivity index (χ4v) is 0.345. The molecule has 1 aromatic rings. The highest BCUT2D eigenvalue weighted by atomic mass is 16.1. The number of benzene rings is 1. The number of para-hydroxylation sites is 1. The van der Waals surface area contributed by atoms with E-state index in [-0.39, 0.29) is 5.69 Å². The number of hydrogen-bond donors (Lipinski definition) is 0. The molecular formula is C7H5NO. The molecule has 0 heterocycles. The van der Waals surface area contributed by atoms with E-state index in [1.165, 1.54) is 0 Å². The molecule has 0 aliphatic heterocycles. The minimum atomic E-state index is -0.514. The second kappa shape index (κ2) is 2.80. The van der Waals surface area contributed by atoms with Crippen molar-refractivity contribution in [2.75, 3.05) is 0 Å². The van der Waals surface area contributed by atoms with Gasteiger partial charge in [-0.15, -0.1) is 0 Å². The molecular weight excluding hydrogens is 114 g/mol. The Bertz CT molecular complexity index is 409. The van der Waals surface area contributed by atoms with Gasteiger partial charge in [-0.25, -0.2) is 4.79 Å². The lowest BCUT2D eigenvalue weighted by atomic mass is 10.3.